The van der Waals surface area contributed by atoms with Crippen molar-refractivity contribution in [1.82, 2.24) is 34.1 Å². The van der Waals surface area contributed by atoms with Gasteiger partial charge in [0, 0.05) is 47.3 Å². The molecule has 0 aromatic carbocycles. The maximum absolute atomic E-state index is 13.0. The monoisotopic (exact) mass is 495 g/mol. The summed E-state index contributed by atoms with van der Waals surface area (Å²) >= 11 is 0. The first-order valence-electron chi connectivity index (χ1n) is 11.2. The van der Waals surface area contributed by atoms with E-state index in [1.54, 1.807) is 29.2 Å². The van der Waals surface area contributed by atoms with Crippen LogP contribution in [0.5, 0.6) is 11.9 Å². The first-order chi connectivity index (χ1) is 17.3. The molecular weight excluding hydrogens is 475 g/mol. The van der Waals surface area contributed by atoms with Crippen molar-refractivity contribution in [2.24, 2.45) is 0 Å². The Morgan fingerprint density at radius 2 is 1.86 bits per heavy atom. The van der Waals surface area contributed by atoms with Gasteiger partial charge in [-0.1, -0.05) is 0 Å². The lowest BCUT2D eigenvalue weighted by atomic mass is 10.1. The van der Waals surface area contributed by atoms with E-state index in [4.69, 9.17) is 9.47 Å². The Morgan fingerprint density at radius 3 is 2.64 bits per heavy atom. The van der Waals surface area contributed by atoms with Crippen LogP contribution in [0.2, 0.25) is 0 Å². The summed E-state index contributed by atoms with van der Waals surface area (Å²) in [4.78, 5) is 17.5. The van der Waals surface area contributed by atoms with Crippen molar-refractivity contribution in [1.29, 1.82) is 0 Å². The normalized spacial score (nSPS) is 17.6. The standard InChI is InChI=1S/C24H20F3N7O2/c1-35-22-17(11-29-23(31-22)36-2)19-10-16(21-28-6-8-34(21)32-19)14-9-15(14)18-4-3-13-5-7-33(20(13)30-18)12-24(25,26)27/h3-8,10-11,14-15H,9,12H2,1-2H3/t14?,15-/m0/s1. The molecule has 1 aliphatic rings. The third kappa shape index (κ3) is 3.88. The third-order valence-electron chi connectivity index (χ3n) is 6.32. The summed E-state index contributed by atoms with van der Waals surface area (Å²) < 4.78 is 52.4. The molecule has 9 nitrogen and oxygen atoms in total. The number of hydrogen-bond donors (Lipinski definition) is 0. The number of pyridine rings is 1. The summed E-state index contributed by atoms with van der Waals surface area (Å²) in [5.74, 6) is 0.454. The molecule has 12 heteroatoms. The molecule has 0 bridgehead atoms. The van der Waals surface area contributed by atoms with Gasteiger partial charge < -0.3 is 14.0 Å². The minimum atomic E-state index is -4.32. The zero-order valence-electron chi connectivity index (χ0n) is 19.3. The van der Waals surface area contributed by atoms with Crippen molar-refractivity contribution in [3.8, 4) is 23.1 Å². The zero-order chi connectivity index (χ0) is 25.0. The molecule has 0 radical (unpaired) electrons. The van der Waals surface area contributed by atoms with Gasteiger partial charge in [-0.25, -0.2) is 19.5 Å². The summed E-state index contributed by atoms with van der Waals surface area (Å²) in [7, 11) is 2.98. The van der Waals surface area contributed by atoms with E-state index < -0.39 is 12.7 Å². The average molecular weight is 495 g/mol. The van der Waals surface area contributed by atoms with Gasteiger partial charge in [0.15, 0.2) is 5.65 Å². The SMILES string of the molecule is COc1ncc(-c2cc(C3C[C@@H]3c3ccc4ccn(CC(F)(F)F)c4n3)c3nccn3n2)c(OC)n1. The van der Waals surface area contributed by atoms with Crippen molar-refractivity contribution >= 4 is 16.7 Å². The second-order valence-corrected chi connectivity index (χ2v) is 8.62. The molecule has 5 aromatic heterocycles. The average Bonchev–Trinajstić information content (AvgIpc) is 3.35. The molecule has 1 fully saturated rings. The number of methoxy groups -OCH3 is 2. The number of aromatic nitrogens is 7. The van der Waals surface area contributed by atoms with Gasteiger partial charge in [-0.2, -0.15) is 23.3 Å². The molecule has 0 saturated heterocycles. The van der Waals surface area contributed by atoms with E-state index in [1.807, 2.05) is 18.2 Å². The first kappa shape index (κ1) is 22.3. The highest BCUT2D eigenvalue weighted by molar-refractivity contribution is 5.76. The van der Waals surface area contributed by atoms with Gasteiger partial charge in [0.2, 0.25) is 5.88 Å². The Labute approximate surface area is 202 Å². The van der Waals surface area contributed by atoms with Gasteiger partial charge in [0.05, 0.1) is 25.5 Å². The largest absolute Gasteiger partial charge is 0.480 e. The van der Waals surface area contributed by atoms with E-state index in [-0.39, 0.29) is 17.8 Å². The fourth-order valence-corrected chi connectivity index (χ4v) is 4.59. The van der Waals surface area contributed by atoms with Crippen LogP contribution in [0.25, 0.3) is 27.9 Å². The molecule has 6 rings (SSSR count). The second kappa shape index (κ2) is 8.18. The van der Waals surface area contributed by atoms with Crippen molar-refractivity contribution in [3.63, 3.8) is 0 Å². The van der Waals surface area contributed by atoms with Gasteiger partial charge in [0.25, 0.3) is 0 Å². The number of halogens is 3. The summed E-state index contributed by atoms with van der Waals surface area (Å²) in [5.41, 5.74) is 3.95. The number of rotatable bonds is 6. The maximum atomic E-state index is 13.0. The van der Waals surface area contributed by atoms with E-state index in [9.17, 15) is 13.2 Å². The Hall–Kier alpha value is -4.22. The highest BCUT2D eigenvalue weighted by Crippen LogP contribution is 2.55. The molecule has 5 heterocycles. The van der Waals surface area contributed by atoms with Gasteiger partial charge in [-0.3, -0.25) is 0 Å². The van der Waals surface area contributed by atoms with Crippen molar-refractivity contribution in [2.75, 3.05) is 14.2 Å². The number of ether oxygens (including phenoxy) is 2. The maximum Gasteiger partial charge on any atom is 0.406 e. The lowest BCUT2D eigenvalue weighted by Crippen LogP contribution is -2.17. The minimum absolute atomic E-state index is 0.0494. The van der Waals surface area contributed by atoms with Crippen LogP contribution >= 0.6 is 0 Å². The van der Waals surface area contributed by atoms with Crippen LogP contribution in [-0.2, 0) is 6.54 Å². The van der Waals surface area contributed by atoms with Crippen LogP contribution in [0.4, 0.5) is 13.2 Å². The van der Waals surface area contributed by atoms with Crippen LogP contribution in [0, 0.1) is 0 Å². The smallest absolute Gasteiger partial charge is 0.406 e. The van der Waals surface area contributed by atoms with E-state index in [2.05, 4.69) is 25.0 Å². The Balaban J connectivity index is 1.37. The predicted molar refractivity (Wildman–Crippen MR) is 123 cm³/mol. The molecule has 1 unspecified atom stereocenters. The Kier molecular flexibility index (Phi) is 5.06. The van der Waals surface area contributed by atoms with Crippen molar-refractivity contribution in [2.45, 2.75) is 31.0 Å². The van der Waals surface area contributed by atoms with Crippen LogP contribution in [-0.4, -0.2) is 54.5 Å². The molecule has 184 valence electrons. The van der Waals surface area contributed by atoms with Gasteiger partial charge in [0.1, 0.15) is 12.2 Å². The lowest BCUT2D eigenvalue weighted by molar-refractivity contribution is -0.139. The zero-order valence-corrected chi connectivity index (χ0v) is 19.3. The molecule has 2 atom stereocenters. The molecule has 36 heavy (non-hydrogen) atoms. The molecule has 0 amide bonds. The van der Waals surface area contributed by atoms with Crippen LogP contribution in [0.3, 0.4) is 0 Å². The van der Waals surface area contributed by atoms with Crippen LogP contribution in [0.15, 0.2) is 49.1 Å². The molecule has 1 aliphatic carbocycles. The van der Waals surface area contributed by atoms with E-state index in [0.717, 1.165) is 22.2 Å². The minimum Gasteiger partial charge on any atom is -0.480 e. The molecule has 1 saturated carbocycles. The van der Waals surface area contributed by atoms with Crippen LogP contribution in [0.1, 0.15) is 29.5 Å². The number of alkyl halides is 3. The fourth-order valence-electron chi connectivity index (χ4n) is 4.59. The van der Waals surface area contributed by atoms with Crippen LogP contribution < -0.4 is 9.47 Å². The van der Waals surface area contributed by atoms with Gasteiger partial charge in [-0.05, 0) is 36.6 Å². The summed E-state index contributed by atoms with van der Waals surface area (Å²) in [6.07, 6.45) is 2.91. The van der Waals surface area contributed by atoms with Crippen molar-refractivity contribution < 1.29 is 22.6 Å². The number of fused-ring (bicyclic) bond motifs is 2. The fraction of sp³-hybridized carbons (Fsp3) is 0.292. The summed E-state index contributed by atoms with van der Waals surface area (Å²) in [6.45, 7) is -1.07. The Morgan fingerprint density at radius 1 is 1.00 bits per heavy atom. The van der Waals surface area contributed by atoms with Gasteiger partial charge in [-0.15, -0.1) is 0 Å². The van der Waals surface area contributed by atoms with E-state index >= 15 is 0 Å². The number of imidazole rings is 1. The number of nitrogens with zero attached hydrogens (tertiary/aromatic N) is 7. The highest BCUT2D eigenvalue weighted by atomic mass is 19.4. The topological polar surface area (TPSA) is 92.2 Å². The molecule has 0 spiro atoms. The lowest BCUT2D eigenvalue weighted by Gasteiger charge is -2.11. The summed E-state index contributed by atoms with van der Waals surface area (Å²) in [5, 5.41) is 5.32. The molecule has 0 N–H and O–H groups in total. The van der Waals surface area contributed by atoms with E-state index in [1.165, 1.54) is 20.4 Å². The summed E-state index contributed by atoms with van der Waals surface area (Å²) in [6, 6.07) is 7.47. The first-order valence-corrected chi connectivity index (χ1v) is 11.2. The van der Waals surface area contributed by atoms with E-state index in [0.29, 0.717) is 33.8 Å². The molecule has 0 aliphatic heterocycles. The predicted octanol–water partition coefficient (Wildman–Crippen LogP) is 4.39. The number of hydrogen-bond acceptors (Lipinski definition) is 7. The Bertz CT molecular complexity index is 1590. The van der Waals surface area contributed by atoms with Crippen molar-refractivity contribution in [3.05, 3.63) is 60.3 Å². The van der Waals surface area contributed by atoms with Gasteiger partial charge >= 0.3 is 12.2 Å². The highest BCUT2D eigenvalue weighted by Gasteiger charge is 2.43. The third-order valence-corrected chi connectivity index (χ3v) is 6.32. The molecular formula is C24H20F3N7O2. The molecule has 5 aromatic rings. The second-order valence-electron chi connectivity index (χ2n) is 8.62. The quantitative estimate of drug-likeness (QED) is 0.345.